The monoisotopic (exact) mass is 211 g/mol. The van der Waals surface area contributed by atoms with Crippen LogP contribution >= 0.6 is 11.6 Å². The lowest BCUT2D eigenvalue weighted by Crippen LogP contribution is -1.95. The van der Waals surface area contributed by atoms with Crippen LogP contribution in [0.3, 0.4) is 0 Å². The van der Waals surface area contributed by atoms with Gasteiger partial charge in [-0.3, -0.25) is 0 Å². The highest BCUT2D eigenvalue weighted by Crippen LogP contribution is 2.25. The van der Waals surface area contributed by atoms with Crippen LogP contribution in [0.4, 0.5) is 4.39 Å². The summed E-state index contributed by atoms with van der Waals surface area (Å²) in [7, 11) is 0. The van der Waals surface area contributed by atoms with Gasteiger partial charge in [0.25, 0.3) is 0 Å². The molecule has 0 spiro atoms. The number of hydrogen-bond acceptors (Lipinski definition) is 1. The number of nitrogens with zero attached hydrogens (tertiary/aromatic N) is 1. The van der Waals surface area contributed by atoms with Gasteiger partial charge in [-0.25, -0.2) is 4.39 Å². The van der Waals surface area contributed by atoms with E-state index in [4.69, 9.17) is 16.9 Å². The van der Waals surface area contributed by atoms with E-state index in [9.17, 15) is 4.39 Å². The number of benzene rings is 1. The Labute approximate surface area is 88.1 Å². The van der Waals surface area contributed by atoms with Crippen molar-refractivity contribution in [2.45, 2.75) is 26.2 Å². The van der Waals surface area contributed by atoms with Gasteiger partial charge in [0.2, 0.25) is 0 Å². The van der Waals surface area contributed by atoms with Gasteiger partial charge < -0.3 is 0 Å². The van der Waals surface area contributed by atoms with Crippen molar-refractivity contribution in [3.63, 3.8) is 0 Å². The zero-order valence-corrected chi connectivity index (χ0v) is 8.90. The van der Waals surface area contributed by atoms with Crippen LogP contribution in [0.1, 0.15) is 30.9 Å². The second kappa shape index (κ2) is 4.43. The minimum atomic E-state index is -0.474. The normalized spacial score (nSPS) is 10.3. The number of rotatable bonds is 2. The molecule has 1 aromatic rings. The largest absolute Gasteiger partial charge is 0.205 e. The molecule has 0 radical (unpaired) electrons. The van der Waals surface area contributed by atoms with Crippen molar-refractivity contribution in [3.05, 3.63) is 34.1 Å². The molecule has 0 N–H and O–H groups in total. The first-order valence-corrected chi connectivity index (χ1v) is 4.78. The highest BCUT2D eigenvalue weighted by molar-refractivity contribution is 6.30. The second-order valence-electron chi connectivity index (χ2n) is 3.47. The number of nitriles is 1. The van der Waals surface area contributed by atoms with Crippen molar-refractivity contribution >= 4 is 11.6 Å². The minimum Gasteiger partial charge on any atom is -0.205 e. The maximum atomic E-state index is 13.3. The fraction of sp³-hybridized carbons (Fsp3) is 0.364. The van der Waals surface area contributed by atoms with Gasteiger partial charge in [0.05, 0.1) is 17.5 Å². The van der Waals surface area contributed by atoms with Crippen LogP contribution in [0.2, 0.25) is 5.02 Å². The summed E-state index contributed by atoms with van der Waals surface area (Å²) in [4.78, 5) is 0. The smallest absolute Gasteiger partial charge is 0.146 e. The minimum absolute atomic E-state index is 0.0616. The van der Waals surface area contributed by atoms with Crippen LogP contribution in [0.25, 0.3) is 0 Å². The zero-order valence-electron chi connectivity index (χ0n) is 8.14. The molecule has 1 rings (SSSR count). The first-order chi connectivity index (χ1) is 6.56. The van der Waals surface area contributed by atoms with E-state index in [1.165, 1.54) is 0 Å². The van der Waals surface area contributed by atoms with Crippen molar-refractivity contribution < 1.29 is 4.39 Å². The van der Waals surface area contributed by atoms with E-state index >= 15 is 0 Å². The molecule has 0 atom stereocenters. The van der Waals surface area contributed by atoms with Crippen molar-refractivity contribution in [2.75, 3.05) is 0 Å². The molecule has 0 aliphatic carbocycles. The van der Waals surface area contributed by atoms with Gasteiger partial charge in [-0.1, -0.05) is 31.5 Å². The van der Waals surface area contributed by atoms with Crippen LogP contribution in [-0.2, 0) is 6.42 Å². The summed E-state index contributed by atoms with van der Waals surface area (Å²) in [5, 5.41) is 8.60. The van der Waals surface area contributed by atoms with E-state index in [0.717, 1.165) is 5.56 Å². The fourth-order valence-corrected chi connectivity index (χ4v) is 1.46. The van der Waals surface area contributed by atoms with E-state index in [-0.39, 0.29) is 17.4 Å². The molecular formula is C11H11ClFN. The molecule has 3 heteroatoms. The van der Waals surface area contributed by atoms with E-state index < -0.39 is 5.82 Å². The lowest BCUT2D eigenvalue weighted by molar-refractivity contribution is 0.614. The lowest BCUT2D eigenvalue weighted by Gasteiger charge is -2.09. The Morgan fingerprint density at radius 3 is 2.64 bits per heavy atom. The standard InChI is InChI=1S/C11H11ClFN/c1-7(2)9-5-8(3-4-14)11(13)10(12)6-9/h5-7H,3H2,1-2H3. The van der Waals surface area contributed by atoms with Crippen molar-refractivity contribution in [1.29, 1.82) is 5.26 Å². The molecular weight excluding hydrogens is 201 g/mol. The van der Waals surface area contributed by atoms with Crippen molar-refractivity contribution in [3.8, 4) is 6.07 Å². The third kappa shape index (κ3) is 2.24. The Morgan fingerprint density at radius 1 is 1.50 bits per heavy atom. The van der Waals surface area contributed by atoms with Gasteiger partial charge in [-0.2, -0.15) is 5.26 Å². The average molecular weight is 212 g/mol. The molecule has 14 heavy (non-hydrogen) atoms. The SMILES string of the molecule is CC(C)c1cc(Cl)c(F)c(CC#N)c1. The predicted molar refractivity (Wildman–Crippen MR) is 54.8 cm³/mol. The summed E-state index contributed by atoms with van der Waals surface area (Å²) < 4.78 is 13.3. The third-order valence-electron chi connectivity index (χ3n) is 2.06. The quantitative estimate of drug-likeness (QED) is 0.732. The Morgan fingerprint density at radius 2 is 2.14 bits per heavy atom. The first-order valence-electron chi connectivity index (χ1n) is 4.41. The summed E-state index contributed by atoms with van der Waals surface area (Å²) in [6.07, 6.45) is 0.0616. The Balaban J connectivity index is 3.22. The molecule has 0 saturated carbocycles. The first kappa shape index (κ1) is 11.0. The van der Waals surface area contributed by atoms with Crippen molar-refractivity contribution in [2.24, 2.45) is 0 Å². The van der Waals surface area contributed by atoms with Crippen LogP contribution in [0.15, 0.2) is 12.1 Å². The van der Waals surface area contributed by atoms with Crippen molar-refractivity contribution in [1.82, 2.24) is 0 Å². The van der Waals surface area contributed by atoms with Gasteiger partial charge in [0.1, 0.15) is 5.82 Å². The maximum Gasteiger partial charge on any atom is 0.146 e. The molecule has 0 unspecified atom stereocenters. The molecule has 0 saturated heterocycles. The average Bonchev–Trinajstić information content (AvgIpc) is 2.12. The second-order valence-corrected chi connectivity index (χ2v) is 3.87. The van der Waals surface area contributed by atoms with E-state index in [1.54, 1.807) is 12.1 Å². The highest BCUT2D eigenvalue weighted by Gasteiger charge is 2.10. The summed E-state index contributed by atoms with van der Waals surface area (Å²) >= 11 is 5.71. The fourth-order valence-electron chi connectivity index (χ4n) is 1.22. The Bertz CT molecular complexity index is 380. The van der Waals surface area contributed by atoms with Crippen LogP contribution < -0.4 is 0 Å². The molecule has 0 bridgehead atoms. The lowest BCUT2D eigenvalue weighted by atomic mass is 9.99. The van der Waals surface area contributed by atoms with Gasteiger partial charge in [0, 0.05) is 5.56 Å². The van der Waals surface area contributed by atoms with Crippen LogP contribution in [0.5, 0.6) is 0 Å². The molecule has 74 valence electrons. The van der Waals surface area contributed by atoms with Gasteiger partial charge >= 0.3 is 0 Å². The van der Waals surface area contributed by atoms with Crippen LogP contribution in [-0.4, -0.2) is 0 Å². The number of hydrogen-bond donors (Lipinski definition) is 0. The maximum absolute atomic E-state index is 13.3. The van der Waals surface area contributed by atoms with Crippen LogP contribution in [0, 0.1) is 17.1 Å². The third-order valence-corrected chi connectivity index (χ3v) is 2.34. The summed E-state index contributed by atoms with van der Waals surface area (Å²) in [5.74, 6) is -0.192. The van der Waals surface area contributed by atoms with Gasteiger partial charge in [-0.05, 0) is 17.5 Å². The van der Waals surface area contributed by atoms with E-state index in [0.29, 0.717) is 5.56 Å². The van der Waals surface area contributed by atoms with E-state index in [2.05, 4.69) is 0 Å². The Kier molecular flexibility index (Phi) is 3.49. The molecule has 1 nitrogen and oxygen atoms in total. The molecule has 0 aliphatic rings. The summed E-state index contributed by atoms with van der Waals surface area (Å²) in [6.45, 7) is 4.00. The van der Waals surface area contributed by atoms with E-state index in [1.807, 2.05) is 19.9 Å². The summed E-state index contributed by atoms with van der Waals surface area (Å²) in [5.41, 5.74) is 1.34. The van der Waals surface area contributed by atoms with Gasteiger partial charge in [0.15, 0.2) is 0 Å². The predicted octanol–water partition coefficient (Wildman–Crippen LogP) is 3.67. The summed E-state index contributed by atoms with van der Waals surface area (Å²) in [6, 6.07) is 5.24. The highest BCUT2D eigenvalue weighted by atomic mass is 35.5. The molecule has 0 fully saturated rings. The molecule has 1 aromatic carbocycles. The number of halogens is 2. The van der Waals surface area contributed by atoms with Gasteiger partial charge in [-0.15, -0.1) is 0 Å². The Hall–Kier alpha value is -1.07. The topological polar surface area (TPSA) is 23.8 Å². The zero-order chi connectivity index (χ0) is 10.7. The molecule has 0 aromatic heterocycles. The molecule has 0 aliphatic heterocycles. The molecule has 0 amide bonds. The molecule has 0 heterocycles.